The summed E-state index contributed by atoms with van der Waals surface area (Å²) >= 11 is 0. The maximum Gasteiger partial charge on any atom is 0.472 e. The topological polar surface area (TPSA) is 138 Å². The van der Waals surface area contributed by atoms with E-state index >= 15 is 0 Å². The second kappa shape index (κ2) is 36.8. The Hall–Kier alpha value is -2.00. The predicted octanol–water partition coefficient (Wildman–Crippen LogP) is 10.3. The van der Waals surface area contributed by atoms with Crippen LogP contribution in [0.5, 0.6) is 0 Å². The van der Waals surface area contributed by atoms with Gasteiger partial charge in [0.15, 0.2) is 6.10 Å². The van der Waals surface area contributed by atoms with Crippen molar-refractivity contribution >= 4 is 13.8 Å². The Balaban J connectivity index is 4.34. The highest BCUT2D eigenvalue weighted by atomic mass is 31.2. The normalized spacial score (nSPS) is 14.8. The minimum Gasteiger partial charge on any atom is -0.498 e. The van der Waals surface area contributed by atoms with Gasteiger partial charge in [-0.25, -0.2) is 4.57 Å². The summed E-state index contributed by atoms with van der Waals surface area (Å²) in [5.74, 6) is -0.435. The summed E-state index contributed by atoms with van der Waals surface area (Å²) in [6, 6.07) is 0. The third kappa shape index (κ3) is 35.8. The molecule has 0 aromatic heterocycles. The highest BCUT2D eigenvalue weighted by Crippen LogP contribution is 2.43. The summed E-state index contributed by atoms with van der Waals surface area (Å²) < 4.78 is 33.0. The fraction of sp³-hybridized carbons (Fsp3) is 0.725. The molecule has 0 aromatic rings. The van der Waals surface area contributed by atoms with Gasteiger partial charge in [0.05, 0.1) is 25.6 Å². The smallest absolute Gasteiger partial charge is 0.472 e. The zero-order chi connectivity index (χ0) is 36.8. The van der Waals surface area contributed by atoms with Gasteiger partial charge in [0.2, 0.25) is 0 Å². The fourth-order valence-electron chi connectivity index (χ4n) is 4.92. The van der Waals surface area contributed by atoms with Crippen LogP contribution in [0, 0.1) is 0 Å². The highest BCUT2D eigenvalue weighted by Gasteiger charge is 2.25. The maximum absolute atomic E-state index is 12.5. The molecule has 0 saturated heterocycles. The monoisotopic (exact) mass is 725 g/mol. The lowest BCUT2D eigenvalue weighted by molar-refractivity contribution is -0.153. The number of phosphoric acid groups is 1. The van der Waals surface area contributed by atoms with Gasteiger partial charge >= 0.3 is 13.8 Å². The Morgan fingerprint density at radius 1 is 0.720 bits per heavy atom. The van der Waals surface area contributed by atoms with Crippen LogP contribution < -0.4 is 5.73 Å². The lowest BCUT2D eigenvalue weighted by Crippen LogP contribution is -2.27. The first-order valence-electron chi connectivity index (χ1n) is 19.4. The van der Waals surface area contributed by atoms with Crippen molar-refractivity contribution in [2.24, 2.45) is 5.73 Å². The van der Waals surface area contributed by atoms with Gasteiger partial charge in [-0.1, -0.05) is 140 Å². The van der Waals surface area contributed by atoms with Gasteiger partial charge in [0.25, 0.3) is 0 Å². The largest absolute Gasteiger partial charge is 0.498 e. The summed E-state index contributed by atoms with van der Waals surface area (Å²) in [7, 11) is -4.32. The van der Waals surface area contributed by atoms with E-state index < -0.39 is 26.0 Å². The SMILES string of the molecule is CCCCC/C=C\CC(O)/C=C/C=C\C/C=C\CCCC(=O)OC(CO/C=C\CCCCCCCCCCCCC)COP(=O)(O)OCCN. The van der Waals surface area contributed by atoms with Crippen LogP contribution in [0.25, 0.3) is 0 Å². The van der Waals surface area contributed by atoms with Crippen molar-refractivity contribution in [1.29, 1.82) is 0 Å². The van der Waals surface area contributed by atoms with Crippen LogP contribution in [0.2, 0.25) is 0 Å². The van der Waals surface area contributed by atoms with E-state index in [0.29, 0.717) is 19.3 Å². The van der Waals surface area contributed by atoms with Crippen LogP contribution in [-0.2, 0) is 27.9 Å². The Morgan fingerprint density at radius 3 is 2.02 bits per heavy atom. The van der Waals surface area contributed by atoms with Gasteiger partial charge in [-0.05, 0) is 57.4 Å². The van der Waals surface area contributed by atoms with Crippen LogP contribution in [-0.4, -0.2) is 54.5 Å². The number of nitrogens with two attached hydrogens (primary N) is 1. The molecule has 0 aliphatic rings. The Labute approximate surface area is 305 Å². The van der Waals surface area contributed by atoms with E-state index in [1.54, 1.807) is 12.3 Å². The number of hydrogen-bond acceptors (Lipinski definition) is 8. The number of allylic oxidation sites excluding steroid dienone is 7. The van der Waals surface area contributed by atoms with E-state index in [9.17, 15) is 19.4 Å². The standard InChI is InChI=1S/C40H72NO8P/c1-3-5-7-9-11-12-13-14-15-18-21-25-29-34-46-36-39(37-48-50(44,45)47-35-33-41)49-40(43)32-28-24-20-17-16-19-23-27-31-38(42)30-26-22-10-8-6-4-2/h17,19-20,22-23,26-27,29,31,34,38-39,42H,3-16,18,21,24-25,28,30,32-33,35-37,41H2,1-2H3,(H,44,45)/b20-17-,23-19-,26-22-,31-27+,34-29-. The van der Waals surface area contributed by atoms with E-state index in [2.05, 4.69) is 19.9 Å². The minimum atomic E-state index is -4.32. The van der Waals surface area contributed by atoms with Crippen molar-refractivity contribution in [3.63, 3.8) is 0 Å². The molecule has 0 amide bonds. The molecule has 9 nitrogen and oxygen atoms in total. The first-order valence-corrected chi connectivity index (χ1v) is 20.9. The fourth-order valence-corrected chi connectivity index (χ4v) is 5.69. The van der Waals surface area contributed by atoms with Gasteiger partial charge in [0.1, 0.15) is 6.61 Å². The molecule has 0 radical (unpaired) electrons. The van der Waals surface area contributed by atoms with Crippen molar-refractivity contribution in [1.82, 2.24) is 0 Å². The number of hydrogen-bond donors (Lipinski definition) is 3. The predicted molar refractivity (Wildman–Crippen MR) is 207 cm³/mol. The third-order valence-electron chi connectivity index (χ3n) is 7.83. The van der Waals surface area contributed by atoms with Gasteiger partial charge in [-0.15, -0.1) is 0 Å². The molecule has 0 bridgehead atoms. The van der Waals surface area contributed by atoms with Crippen molar-refractivity contribution in [2.75, 3.05) is 26.4 Å². The molecule has 3 atom stereocenters. The number of aliphatic hydroxyl groups is 1. The average Bonchev–Trinajstić information content (AvgIpc) is 3.10. The molecule has 0 saturated carbocycles. The molecule has 10 heteroatoms. The molecule has 0 heterocycles. The summed E-state index contributed by atoms with van der Waals surface area (Å²) in [5, 5.41) is 10.0. The highest BCUT2D eigenvalue weighted by molar-refractivity contribution is 7.47. The molecule has 0 rings (SSSR count). The summed E-state index contributed by atoms with van der Waals surface area (Å²) in [6.07, 6.45) is 40.7. The number of aliphatic hydroxyl groups excluding tert-OH is 1. The molecule has 0 aliphatic heterocycles. The van der Waals surface area contributed by atoms with E-state index in [1.807, 2.05) is 42.5 Å². The maximum atomic E-state index is 12.5. The number of ether oxygens (including phenoxy) is 2. The molecule has 0 fully saturated rings. The molecule has 0 aromatic carbocycles. The van der Waals surface area contributed by atoms with Crippen LogP contribution in [0.3, 0.4) is 0 Å². The van der Waals surface area contributed by atoms with Gasteiger partial charge in [-0.3, -0.25) is 13.8 Å². The molecule has 50 heavy (non-hydrogen) atoms. The summed E-state index contributed by atoms with van der Waals surface area (Å²) in [5.41, 5.74) is 5.34. The Kier molecular flexibility index (Phi) is 35.3. The number of unbranched alkanes of at least 4 members (excludes halogenated alkanes) is 15. The molecule has 0 spiro atoms. The zero-order valence-electron chi connectivity index (χ0n) is 31.5. The average molecular weight is 726 g/mol. The third-order valence-corrected chi connectivity index (χ3v) is 8.82. The van der Waals surface area contributed by atoms with E-state index in [0.717, 1.165) is 25.7 Å². The molecular weight excluding hydrogens is 653 g/mol. The van der Waals surface area contributed by atoms with Gasteiger partial charge in [0, 0.05) is 13.0 Å². The first kappa shape index (κ1) is 48.0. The van der Waals surface area contributed by atoms with E-state index in [4.69, 9.17) is 24.3 Å². The molecule has 290 valence electrons. The van der Waals surface area contributed by atoms with Crippen molar-refractivity contribution in [2.45, 2.75) is 161 Å². The zero-order valence-corrected chi connectivity index (χ0v) is 32.4. The van der Waals surface area contributed by atoms with E-state index in [-0.39, 0.29) is 32.8 Å². The van der Waals surface area contributed by atoms with Crippen LogP contribution >= 0.6 is 7.82 Å². The minimum absolute atomic E-state index is 0.00908. The van der Waals surface area contributed by atoms with Crippen molar-refractivity contribution < 1.29 is 37.9 Å². The van der Waals surface area contributed by atoms with Gasteiger partial charge in [-0.2, -0.15) is 0 Å². The number of rotatable bonds is 36. The Morgan fingerprint density at radius 2 is 1.32 bits per heavy atom. The quantitative estimate of drug-likeness (QED) is 0.0144. The lowest BCUT2D eigenvalue weighted by Gasteiger charge is -2.19. The summed E-state index contributed by atoms with van der Waals surface area (Å²) in [6.45, 7) is 4.03. The number of carbonyl (C=O) groups excluding carboxylic acids is 1. The second-order valence-electron chi connectivity index (χ2n) is 12.7. The van der Waals surface area contributed by atoms with Crippen LogP contribution in [0.1, 0.15) is 149 Å². The molecule has 4 N–H and O–H groups in total. The van der Waals surface area contributed by atoms with Crippen LogP contribution in [0.15, 0.2) is 60.9 Å². The van der Waals surface area contributed by atoms with E-state index in [1.165, 1.54) is 83.5 Å². The van der Waals surface area contributed by atoms with Crippen LogP contribution in [0.4, 0.5) is 0 Å². The number of carbonyl (C=O) groups is 1. The number of phosphoric ester groups is 1. The molecular formula is C40H72NO8P. The van der Waals surface area contributed by atoms with Crippen molar-refractivity contribution in [3.05, 3.63) is 60.9 Å². The second-order valence-corrected chi connectivity index (χ2v) is 14.2. The summed E-state index contributed by atoms with van der Waals surface area (Å²) in [4.78, 5) is 22.3. The lowest BCUT2D eigenvalue weighted by atomic mass is 10.1. The van der Waals surface area contributed by atoms with Gasteiger partial charge < -0.3 is 25.2 Å². The number of esters is 1. The van der Waals surface area contributed by atoms with Crippen molar-refractivity contribution in [3.8, 4) is 0 Å². The molecule has 3 unspecified atom stereocenters. The first-order chi connectivity index (χ1) is 24.3. The Bertz CT molecular complexity index is 965. The molecule has 0 aliphatic carbocycles.